The highest BCUT2D eigenvalue weighted by molar-refractivity contribution is 6.30. The third-order valence-electron chi connectivity index (χ3n) is 4.88. The molecule has 26 heavy (non-hydrogen) atoms. The van der Waals surface area contributed by atoms with E-state index in [4.69, 9.17) is 11.6 Å². The monoisotopic (exact) mass is 368 g/mol. The van der Waals surface area contributed by atoms with E-state index in [0.717, 1.165) is 30.7 Å². The van der Waals surface area contributed by atoms with Gasteiger partial charge in [-0.3, -0.25) is 0 Å². The first-order valence-corrected chi connectivity index (χ1v) is 9.43. The van der Waals surface area contributed by atoms with Crippen LogP contribution in [0.1, 0.15) is 44.1 Å². The van der Waals surface area contributed by atoms with Gasteiger partial charge in [0.1, 0.15) is 5.82 Å². The first kappa shape index (κ1) is 18.6. The molecule has 1 heterocycles. The second-order valence-corrected chi connectivity index (χ2v) is 7.18. The molecule has 1 aromatic heterocycles. The van der Waals surface area contributed by atoms with Crippen LogP contribution in [0.5, 0.6) is 0 Å². The number of hydrogen-bond donors (Lipinski definition) is 0. The molecule has 1 aromatic carbocycles. The number of rotatable bonds is 4. The summed E-state index contributed by atoms with van der Waals surface area (Å²) in [4.78, 5) is 8.59. The molecule has 0 saturated heterocycles. The Balaban J connectivity index is 1.59. The number of benzene rings is 1. The maximum Gasteiger partial charge on any atom is 0.159 e. The Bertz CT molecular complexity index is 812. The van der Waals surface area contributed by atoms with Gasteiger partial charge < -0.3 is 0 Å². The van der Waals surface area contributed by atoms with Gasteiger partial charge >= 0.3 is 0 Å². The van der Waals surface area contributed by atoms with Crippen molar-refractivity contribution in [1.29, 1.82) is 0 Å². The first-order valence-electron chi connectivity index (χ1n) is 9.05. The van der Waals surface area contributed by atoms with E-state index >= 15 is 0 Å². The summed E-state index contributed by atoms with van der Waals surface area (Å²) < 4.78 is 13.6. The smallest absolute Gasteiger partial charge is 0.159 e. The molecule has 0 spiro atoms. The number of nitrogens with zero attached hydrogens (tertiary/aromatic N) is 2. The quantitative estimate of drug-likeness (QED) is 0.484. The molecule has 134 valence electrons. The number of hydrogen-bond acceptors (Lipinski definition) is 2. The number of aromatic nitrogens is 2. The molecule has 0 unspecified atom stereocenters. The Hall–Kier alpha value is -2.18. The van der Waals surface area contributed by atoms with Crippen LogP contribution in [-0.2, 0) is 0 Å². The van der Waals surface area contributed by atoms with Gasteiger partial charge in [0.25, 0.3) is 0 Å². The Labute approximate surface area is 159 Å². The van der Waals surface area contributed by atoms with E-state index in [-0.39, 0.29) is 5.02 Å². The van der Waals surface area contributed by atoms with E-state index in [2.05, 4.69) is 28.4 Å². The van der Waals surface area contributed by atoms with Crippen LogP contribution in [0.2, 0.25) is 5.02 Å². The molecule has 0 atom stereocenters. The van der Waals surface area contributed by atoms with E-state index < -0.39 is 5.82 Å². The van der Waals surface area contributed by atoms with Crippen molar-refractivity contribution in [3.05, 3.63) is 59.7 Å². The molecule has 4 heteroatoms. The zero-order valence-electron chi connectivity index (χ0n) is 14.7. The van der Waals surface area contributed by atoms with Gasteiger partial charge in [0.05, 0.1) is 10.6 Å². The van der Waals surface area contributed by atoms with Gasteiger partial charge in [0.15, 0.2) is 5.82 Å². The predicted octanol–water partition coefficient (Wildman–Crippen LogP) is 6.06. The minimum absolute atomic E-state index is 0.0930. The van der Waals surface area contributed by atoms with Crippen LogP contribution in [-0.4, -0.2) is 9.97 Å². The molecular weight excluding hydrogens is 347 g/mol. The van der Waals surface area contributed by atoms with Crippen LogP contribution >= 0.6 is 11.6 Å². The third kappa shape index (κ3) is 4.93. The van der Waals surface area contributed by atoms with Crippen LogP contribution in [0.3, 0.4) is 0 Å². The number of allylic oxidation sites excluding steroid dienone is 1. The van der Waals surface area contributed by atoms with Gasteiger partial charge in [0, 0.05) is 23.9 Å². The summed E-state index contributed by atoms with van der Waals surface area (Å²) >= 11 is 5.70. The summed E-state index contributed by atoms with van der Waals surface area (Å²) in [7, 11) is 0. The van der Waals surface area contributed by atoms with Gasteiger partial charge in [-0.05, 0) is 62.6 Å². The van der Waals surface area contributed by atoms with Crippen LogP contribution in [0, 0.1) is 29.5 Å². The molecule has 3 rings (SSSR count). The van der Waals surface area contributed by atoms with Crippen LogP contribution in [0.15, 0.2) is 43.2 Å². The molecule has 1 aliphatic rings. The average Bonchev–Trinajstić information content (AvgIpc) is 2.68. The van der Waals surface area contributed by atoms with Gasteiger partial charge in [-0.15, -0.1) is 6.58 Å². The average molecular weight is 369 g/mol. The maximum atomic E-state index is 13.6. The molecule has 0 radical (unpaired) electrons. The normalized spacial score (nSPS) is 19.5. The van der Waals surface area contributed by atoms with E-state index in [1.807, 2.05) is 6.08 Å². The van der Waals surface area contributed by atoms with E-state index in [1.54, 1.807) is 18.5 Å². The highest BCUT2D eigenvalue weighted by atomic mass is 35.5. The molecule has 0 bridgehead atoms. The van der Waals surface area contributed by atoms with Crippen molar-refractivity contribution >= 4 is 11.6 Å². The Morgan fingerprint density at radius 3 is 2.58 bits per heavy atom. The van der Waals surface area contributed by atoms with Crippen LogP contribution in [0.25, 0.3) is 11.4 Å². The third-order valence-corrected chi connectivity index (χ3v) is 5.18. The summed E-state index contributed by atoms with van der Waals surface area (Å²) in [6.07, 6.45) is 12.6. The molecule has 0 amide bonds. The zero-order chi connectivity index (χ0) is 18.4. The fourth-order valence-electron chi connectivity index (χ4n) is 3.31. The second kappa shape index (κ2) is 8.96. The summed E-state index contributed by atoms with van der Waals surface area (Å²) in [5.41, 5.74) is 1.39. The lowest BCUT2D eigenvalue weighted by atomic mass is 9.80. The molecule has 2 aromatic rings. The van der Waals surface area contributed by atoms with E-state index in [1.165, 1.54) is 31.4 Å². The van der Waals surface area contributed by atoms with Crippen molar-refractivity contribution in [3.8, 4) is 23.2 Å². The lowest BCUT2D eigenvalue weighted by Gasteiger charge is -2.25. The minimum atomic E-state index is -0.472. The van der Waals surface area contributed by atoms with Crippen molar-refractivity contribution in [2.45, 2.75) is 38.5 Å². The molecule has 2 nitrogen and oxygen atoms in total. The largest absolute Gasteiger partial charge is 0.235 e. The first-order chi connectivity index (χ1) is 12.7. The maximum absolute atomic E-state index is 13.6. The summed E-state index contributed by atoms with van der Waals surface area (Å²) in [5.74, 6) is 7.83. The van der Waals surface area contributed by atoms with Gasteiger partial charge in [-0.1, -0.05) is 29.5 Å². The molecule has 1 aliphatic carbocycles. The SMILES string of the molecule is C=CCC[C@H]1CC[C@H](C#Cc2cnc(-c3ccc(Cl)c(F)c3)nc2)CC1. The molecular formula is C22H22ClFN2. The fraction of sp³-hybridized carbons (Fsp3) is 0.364. The van der Waals surface area contributed by atoms with Crippen molar-refractivity contribution in [3.63, 3.8) is 0 Å². The number of halogens is 2. The fourth-order valence-corrected chi connectivity index (χ4v) is 3.43. The highest BCUT2D eigenvalue weighted by Crippen LogP contribution is 2.31. The lowest BCUT2D eigenvalue weighted by Crippen LogP contribution is -2.13. The molecule has 0 N–H and O–H groups in total. The van der Waals surface area contributed by atoms with Crippen molar-refractivity contribution in [2.24, 2.45) is 11.8 Å². The van der Waals surface area contributed by atoms with Crippen molar-refractivity contribution in [2.75, 3.05) is 0 Å². The topological polar surface area (TPSA) is 25.8 Å². The van der Waals surface area contributed by atoms with E-state index in [0.29, 0.717) is 17.3 Å². The van der Waals surface area contributed by atoms with Crippen molar-refractivity contribution < 1.29 is 4.39 Å². The summed E-state index contributed by atoms with van der Waals surface area (Å²) in [6.45, 7) is 3.80. The molecule has 1 saturated carbocycles. The van der Waals surface area contributed by atoms with Gasteiger partial charge in [-0.25, -0.2) is 14.4 Å². The van der Waals surface area contributed by atoms with Crippen LogP contribution in [0.4, 0.5) is 4.39 Å². The van der Waals surface area contributed by atoms with Crippen molar-refractivity contribution in [1.82, 2.24) is 9.97 Å². The Morgan fingerprint density at radius 1 is 1.19 bits per heavy atom. The standard InChI is InChI=1S/C22H22ClFN2/c1-2-3-4-16-5-7-17(8-6-16)9-10-18-14-25-22(26-15-18)19-11-12-20(23)21(24)13-19/h2,11-17H,1,3-8H2/t16-,17-. The second-order valence-electron chi connectivity index (χ2n) is 6.78. The van der Waals surface area contributed by atoms with Crippen LogP contribution < -0.4 is 0 Å². The Morgan fingerprint density at radius 2 is 1.92 bits per heavy atom. The predicted molar refractivity (Wildman–Crippen MR) is 104 cm³/mol. The lowest BCUT2D eigenvalue weighted by molar-refractivity contribution is 0.303. The highest BCUT2D eigenvalue weighted by Gasteiger charge is 2.19. The summed E-state index contributed by atoms with van der Waals surface area (Å²) in [6, 6.07) is 4.55. The summed E-state index contributed by atoms with van der Waals surface area (Å²) in [5, 5.41) is 0.0930. The van der Waals surface area contributed by atoms with Gasteiger partial charge in [-0.2, -0.15) is 0 Å². The molecule has 1 fully saturated rings. The van der Waals surface area contributed by atoms with E-state index in [9.17, 15) is 4.39 Å². The zero-order valence-corrected chi connectivity index (χ0v) is 15.5. The minimum Gasteiger partial charge on any atom is -0.235 e. The van der Waals surface area contributed by atoms with Gasteiger partial charge in [0.2, 0.25) is 0 Å². The Kier molecular flexibility index (Phi) is 6.41. The molecule has 0 aliphatic heterocycles.